The Labute approximate surface area is 273 Å². The minimum Gasteiger partial charge on any atom is -0.449 e. The summed E-state index contributed by atoms with van der Waals surface area (Å²) in [5.41, 5.74) is 1.34. The SMILES string of the molecule is CC.CCN(CC)CCCC(C)N(C(=O)OCCCC(=O)NCCCCC(P(O)O)P(=O)(O)O)c1ccnc2cc(Cl)ccc12. The van der Waals surface area contributed by atoms with Crippen LogP contribution in [0.2, 0.25) is 5.02 Å². The number of unbranched alkanes of at least 4 members (excludes halogenated alkanes) is 1. The highest BCUT2D eigenvalue weighted by Gasteiger charge is 2.34. The van der Waals surface area contributed by atoms with Crippen molar-refractivity contribution >= 4 is 56.2 Å². The van der Waals surface area contributed by atoms with E-state index >= 15 is 0 Å². The molecule has 5 N–H and O–H groups in total. The third-order valence-corrected chi connectivity index (χ3v) is 10.8. The van der Waals surface area contributed by atoms with Gasteiger partial charge in [0.05, 0.1) is 17.8 Å². The zero-order valence-electron chi connectivity index (χ0n) is 27.1. The fourth-order valence-corrected chi connectivity index (χ4v) is 6.93. The molecule has 1 aromatic heterocycles. The number of fused-ring (bicyclic) bond motifs is 1. The Kier molecular flexibility index (Phi) is 20.0. The zero-order chi connectivity index (χ0) is 34.0. The van der Waals surface area contributed by atoms with Crippen molar-refractivity contribution in [3.05, 3.63) is 35.5 Å². The number of carbonyl (C=O) groups is 2. The first-order valence-corrected chi connectivity index (χ1v) is 19.0. The fraction of sp³-hybridized carbons (Fsp3) is 0.633. The molecule has 45 heavy (non-hydrogen) atoms. The van der Waals surface area contributed by atoms with Gasteiger partial charge in [-0.3, -0.25) is 19.2 Å². The number of rotatable bonds is 19. The molecule has 256 valence electrons. The summed E-state index contributed by atoms with van der Waals surface area (Å²) in [6, 6.07) is 6.98. The molecule has 2 amide bonds. The molecule has 0 saturated heterocycles. The molecular formula is C30H51ClN4O8P2. The summed E-state index contributed by atoms with van der Waals surface area (Å²) in [7, 11) is -7.35. The number of ether oxygens (including phenoxy) is 1. The first-order chi connectivity index (χ1) is 21.4. The molecular weight excluding hydrogens is 642 g/mol. The van der Waals surface area contributed by atoms with Gasteiger partial charge in [-0.15, -0.1) is 0 Å². The third kappa shape index (κ3) is 14.6. The lowest BCUT2D eigenvalue weighted by atomic mass is 10.1. The lowest BCUT2D eigenvalue weighted by Gasteiger charge is -2.30. The van der Waals surface area contributed by atoms with Crippen LogP contribution in [-0.2, 0) is 14.1 Å². The predicted molar refractivity (Wildman–Crippen MR) is 182 cm³/mol. The van der Waals surface area contributed by atoms with E-state index < -0.39 is 27.5 Å². The van der Waals surface area contributed by atoms with Gasteiger partial charge in [0.25, 0.3) is 0 Å². The van der Waals surface area contributed by atoms with E-state index in [4.69, 9.17) is 16.3 Å². The van der Waals surface area contributed by atoms with Crippen molar-refractivity contribution in [3.63, 3.8) is 0 Å². The molecule has 1 aromatic carbocycles. The lowest BCUT2D eigenvalue weighted by Crippen LogP contribution is -2.40. The zero-order valence-corrected chi connectivity index (χ0v) is 29.6. The second-order valence-corrected chi connectivity index (χ2v) is 14.2. The van der Waals surface area contributed by atoms with E-state index in [1.807, 2.05) is 26.8 Å². The minimum absolute atomic E-state index is 0.0459. The van der Waals surface area contributed by atoms with Crippen LogP contribution in [0.3, 0.4) is 0 Å². The Morgan fingerprint density at radius 1 is 1.07 bits per heavy atom. The van der Waals surface area contributed by atoms with Crippen LogP contribution >= 0.6 is 27.6 Å². The molecule has 0 saturated carbocycles. The Morgan fingerprint density at radius 2 is 1.76 bits per heavy atom. The maximum atomic E-state index is 13.4. The van der Waals surface area contributed by atoms with Crippen LogP contribution < -0.4 is 10.2 Å². The summed E-state index contributed by atoms with van der Waals surface area (Å²) in [5, 5.41) is 2.56. The van der Waals surface area contributed by atoms with Gasteiger partial charge in [-0.05, 0) is 82.9 Å². The van der Waals surface area contributed by atoms with Crippen LogP contribution in [0, 0.1) is 0 Å². The molecule has 2 atom stereocenters. The van der Waals surface area contributed by atoms with Crippen LogP contribution in [0.15, 0.2) is 30.5 Å². The molecule has 2 rings (SSSR count). The molecule has 15 heteroatoms. The number of nitrogens with zero attached hydrogens (tertiary/aromatic N) is 3. The Bertz CT molecular complexity index is 1220. The van der Waals surface area contributed by atoms with E-state index in [0.29, 0.717) is 35.5 Å². The molecule has 2 unspecified atom stereocenters. The topological polar surface area (TPSA) is 173 Å². The summed E-state index contributed by atoms with van der Waals surface area (Å²) in [5.74, 6) is -0.243. The normalized spacial score (nSPS) is 12.9. The van der Waals surface area contributed by atoms with Crippen LogP contribution in [0.4, 0.5) is 10.5 Å². The highest BCUT2D eigenvalue weighted by molar-refractivity contribution is 7.67. The van der Waals surface area contributed by atoms with Crippen molar-refractivity contribution in [1.29, 1.82) is 0 Å². The highest BCUT2D eigenvalue weighted by Crippen LogP contribution is 2.57. The van der Waals surface area contributed by atoms with E-state index in [0.717, 1.165) is 37.9 Å². The summed E-state index contributed by atoms with van der Waals surface area (Å²) in [6.45, 7) is 13.4. The Balaban J connectivity index is 0.00000496. The maximum Gasteiger partial charge on any atom is 0.414 e. The summed E-state index contributed by atoms with van der Waals surface area (Å²) in [4.78, 5) is 70.9. The molecule has 2 aromatic rings. The van der Waals surface area contributed by atoms with Crippen molar-refractivity contribution in [2.24, 2.45) is 0 Å². The van der Waals surface area contributed by atoms with Gasteiger partial charge in [-0.2, -0.15) is 0 Å². The largest absolute Gasteiger partial charge is 0.449 e. The number of nitrogens with one attached hydrogen (secondary N) is 1. The van der Waals surface area contributed by atoms with Crippen molar-refractivity contribution in [2.45, 2.75) is 91.0 Å². The van der Waals surface area contributed by atoms with Gasteiger partial charge in [0.1, 0.15) is 5.40 Å². The number of aromatic nitrogens is 1. The first kappa shape index (κ1) is 41.1. The molecule has 0 bridgehead atoms. The number of pyridine rings is 1. The van der Waals surface area contributed by atoms with Crippen molar-refractivity contribution in [2.75, 3.05) is 37.7 Å². The standard InChI is InChI=1S/C28H45ClN4O8P2.C2H6/c1-4-32(5-2)18-8-10-21(3)33(25-15-17-30-24-20-22(29)13-14-23(24)25)28(35)41-19-9-11-26(34)31-16-7-6-12-27(42(36)37)43(38,39)40;1-2/h13-15,17,20-21,27,36-37H,4-12,16,18-19H2,1-3H3,(H,31,34)(H2,38,39,40);1-2H3. The van der Waals surface area contributed by atoms with E-state index in [2.05, 4.69) is 29.0 Å². The van der Waals surface area contributed by atoms with Crippen LogP contribution in [-0.4, -0.2) is 85.7 Å². The van der Waals surface area contributed by atoms with Gasteiger partial charge in [0, 0.05) is 35.6 Å². The Hall–Kier alpha value is -1.88. The van der Waals surface area contributed by atoms with Crippen LogP contribution in [0.25, 0.3) is 10.9 Å². The average Bonchev–Trinajstić information content (AvgIpc) is 2.99. The second-order valence-electron chi connectivity index (χ2n) is 10.3. The molecule has 12 nitrogen and oxygen atoms in total. The summed E-state index contributed by atoms with van der Waals surface area (Å²) >= 11 is 6.17. The molecule has 1 heterocycles. The second kappa shape index (κ2) is 21.8. The molecule has 0 fully saturated rings. The van der Waals surface area contributed by atoms with Crippen molar-refractivity contribution in [3.8, 4) is 0 Å². The smallest absolute Gasteiger partial charge is 0.414 e. The molecule has 0 aliphatic rings. The van der Waals surface area contributed by atoms with Crippen LogP contribution in [0.5, 0.6) is 0 Å². The number of hydrogen-bond acceptors (Lipinski definition) is 8. The lowest BCUT2D eigenvalue weighted by molar-refractivity contribution is -0.121. The van der Waals surface area contributed by atoms with E-state index in [1.54, 1.807) is 29.3 Å². The summed E-state index contributed by atoms with van der Waals surface area (Å²) in [6.07, 6.45) is 3.92. The van der Waals surface area contributed by atoms with E-state index in [1.165, 1.54) is 0 Å². The number of benzene rings is 1. The van der Waals surface area contributed by atoms with Crippen molar-refractivity contribution < 1.29 is 38.5 Å². The van der Waals surface area contributed by atoms with E-state index in [9.17, 15) is 33.7 Å². The highest BCUT2D eigenvalue weighted by atomic mass is 35.5. The number of amides is 2. The quantitative estimate of drug-likeness (QED) is 0.0839. The molecule has 0 radical (unpaired) electrons. The van der Waals surface area contributed by atoms with Gasteiger partial charge in [-0.1, -0.05) is 45.7 Å². The number of halogens is 1. The fourth-order valence-electron chi connectivity index (χ4n) is 4.76. The first-order valence-electron chi connectivity index (χ1n) is 15.6. The van der Waals surface area contributed by atoms with Crippen LogP contribution in [0.1, 0.15) is 79.6 Å². The van der Waals surface area contributed by atoms with Gasteiger partial charge in [0.15, 0.2) is 8.38 Å². The average molecular weight is 693 g/mol. The summed E-state index contributed by atoms with van der Waals surface area (Å²) < 4.78 is 17.0. The van der Waals surface area contributed by atoms with Crippen molar-refractivity contribution in [1.82, 2.24) is 15.2 Å². The number of anilines is 1. The van der Waals surface area contributed by atoms with E-state index in [-0.39, 0.29) is 37.9 Å². The van der Waals surface area contributed by atoms with Gasteiger partial charge in [-0.25, -0.2) is 4.79 Å². The number of hydrogen-bond donors (Lipinski definition) is 5. The Morgan fingerprint density at radius 3 is 2.38 bits per heavy atom. The van der Waals surface area contributed by atoms with Gasteiger partial charge >= 0.3 is 13.7 Å². The molecule has 0 spiro atoms. The maximum absolute atomic E-state index is 13.4. The monoisotopic (exact) mass is 692 g/mol. The van der Waals surface area contributed by atoms with Gasteiger partial charge < -0.3 is 34.5 Å². The van der Waals surface area contributed by atoms with Gasteiger partial charge in [0.2, 0.25) is 5.91 Å². The molecule has 0 aliphatic heterocycles. The predicted octanol–water partition coefficient (Wildman–Crippen LogP) is 6.23. The number of carbonyl (C=O) groups excluding carboxylic acids is 2. The molecule has 0 aliphatic carbocycles. The third-order valence-electron chi connectivity index (χ3n) is 7.21. The minimum atomic E-state index is -4.60.